The van der Waals surface area contributed by atoms with Gasteiger partial charge < -0.3 is 10.2 Å². The van der Waals surface area contributed by atoms with Crippen LogP contribution in [0.1, 0.15) is 25.3 Å². The predicted octanol–water partition coefficient (Wildman–Crippen LogP) is 2.93. The summed E-state index contributed by atoms with van der Waals surface area (Å²) in [6.07, 6.45) is 2.63. The molecule has 0 saturated heterocycles. The molecule has 2 rings (SSSR count). The van der Waals surface area contributed by atoms with Crippen LogP contribution in [0.25, 0.3) is 0 Å². The highest BCUT2D eigenvalue weighted by Gasteiger charge is 2.29. The van der Waals surface area contributed by atoms with Crippen LogP contribution in [0.3, 0.4) is 0 Å². The maximum Gasteiger partial charge on any atom is 0.193 e. The van der Waals surface area contributed by atoms with E-state index in [9.17, 15) is 4.39 Å². The second kappa shape index (κ2) is 9.42. The zero-order valence-electron chi connectivity index (χ0n) is 14.4. The standard InChI is InChI=1S/C17H27FN4.HI/c1-13(22(4)16-8-9-16)11-20-17(19-2)21(3)12-14-6-5-7-15(18)10-14;/h5-7,10,13,16H,8-9,11-12H2,1-4H3,(H,19,20);1H. The van der Waals surface area contributed by atoms with Gasteiger partial charge in [-0.15, -0.1) is 24.0 Å². The lowest BCUT2D eigenvalue weighted by Gasteiger charge is -2.28. The van der Waals surface area contributed by atoms with Crippen molar-refractivity contribution in [3.05, 3.63) is 35.6 Å². The van der Waals surface area contributed by atoms with E-state index < -0.39 is 0 Å². The third-order valence-corrected chi connectivity index (χ3v) is 4.26. The van der Waals surface area contributed by atoms with Gasteiger partial charge in [0.25, 0.3) is 0 Å². The summed E-state index contributed by atoms with van der Waals surface area (Å²) in [6, 6.07) is 7.91. The molecule has 1 N–H and O–H groups in total. The smallest absolute Gasteiger partial charge is 0.193 e. The van der Waals surface area contributed by atoms with Crippen LogP contribution in [0, 0.1) is 5.82 Å². The van der Waals surface area contributed by atoms with Crippen molar-refractivity contribution < 1.29 is 4.39 Å². The lowest BCUT2D eigenvalue weighted by Crippen LogP contribution is -2.45. The van der Waals surface area contributed by atoms with Gasteiger partial charge in [-0.2, -0.15) is 0 Å². The van der Waals surface area contributed by atoms with Crippen molar-refractivity contribution in [2.45, 2.75) is 38.4 Å². The molecule has 4 nitrogen and oxygen atoms in total. The summed E-state index contributed by atoms with van der Waals surface area (Å²) in [7, 11) is 5.93. The molecule has 0 amide bonds. The van der Waals surface area contributed by atoms with E-state index in [1.807, 2.05) is 18.0 Å². The normalized spacial score (nSPS) is 16.0. The Hall–Kier alpha value is -0.890. The zero-order valence-corrected chi connectivity index (χ0v) is 16.8. The van der Waals surface area contributed by atoms with Crippen molar-refractivity contribution in [1.82, 2.24) is 15.1 Å². The Morgan fingerprint density at radius 3 is 2.65 bits per heavy atom. The molecule has 1 saturated carbocycles. The van der Waals surface area contributed by atoms with Crippen LogP contribution in [0.15, 0.2) is 29.3 Å². The average molecular weight is 434 g/mol. The number of benzene rings is 1. The van der Waals surface area contributed by atoms with Gasteiger partial charge in [-0.1, -0.05) is 12.1 Å². The molecule has 1 aliphatic carbocycles. The molecule has 23 heavy (non-hydrogen) atoms. The fourth-order valence-electron chi connectivity index (χ4n) is 2.59. The number of rotatable bonds is 6. The molecule has 0 heterocycles. The average Bonchev–Trinajstić information content (AvgIpc) is 3.31. The Kier molecular flexibility index (Phi) is 8.25. The number of likely N-dealkylation sites (N-methyl/N-ethyl adjacent to an activating group) is 1. The van der Waals surface area contributed by atoms with E-state index in [4.69, 9.17) is 0 Å². The van der Waals surface area contributed by atoms with Crippen molar-refractivity contribution in [2.75, 3.05) is 27.7 Å². The summed E-state index contributed by atoms with van der Waals surface area (Å²) in [6.45, 7) is 3.71. The van der Waals surface area contributed by atoms with Gasteiger partial charge in [-0.05, 0) is 44.5 Å². The van der Waals surface area contributed by atoms with Crippen LogP contribution in [-0.2, 0) is 6.54 Å². The van der Waals surface area contributed by atoms with Gasteiger partial charge >= 0.3 is 0 Å². The fourth-order valence-corrected chi connectivity index (χ4v) is 2.59. The van der Waals surface area contributed by atoms with Crippen molar-refractivity contribution in [3.8, 4) is 0 Å². The monoisotopic (exact) mass is 434 g/mol. The SMILES string of the molecule is CN=C(NCC(C)N(C)C1CC1)N(C)Cc1cccc(F)c1.I. The molecular weight excluding hydrogens is 406 g/mol. The van der Waals surface area contributed by atoms with Crippen molar-refractivity contribution in [1.29, 1.82) is 0 Å². The fraction of sp³-hybridized carbons (Fsp3) is 0.588. The number of hydrogen-bond acceptors (Lipinski definition) is 2. The number of halogens is 2. The molecule has 1 unspecified atom stereocenters. The maximum absolute atomic E-state index is 13.3. The molecule has 130 valence electrons. The quantitative estimate of drug-likeness (QED) is 0.425. The largest absolute Gasteiger partial charge is 0.355 e. The van der Waals surface area contributed by atoms with Crippen LogP contribution >= 0.6 is 24.0 Å². The van der Waals surface area contributed by atoms with E-state index in [2.05, 4.69) is 29.2 Å². The van der Waals surface area contributed by atoms with E-state index >= 15 is 0 Å². The molecule has 0 spiro atoms. The molecule has 0 bridgehead atoms. The Bertz CT molecular complexity index is 519. The topological polar surface area (TPSA) is 30.9 Å². The van der Waals surface area contributed by atoms with Crippen LogP contribution < -0.4 is 5.32 Å². The van der Waals surface area contributed by atoms with Crippen molar-refractivity contribution in [3.63, 3.8) is 0 Å². The van der Waals surface area contributed by atoms with E-state index in [1.165, 1.54) is 18.9 Å². The first-order chi connectivity index (χ1) is 10.5. The maximum atomic E-state index is 13.3. The second-order valence-corrected chi connectivity index (χ2v) is 6.16. The highest BCUT2D eigenvalue weighted by atomic mass is 127. The number of nitrogens with zero attached hydrogens (tertiary/aromatic N) is 3. The van der Waals surface area contributed by atoms with E-state index in [0.29, 0.717) is 12.6 Å². The lowest BCUT2D eigenvalue weighted by molar-refractivity contribution is 0.246. The Morgan fingerprint density at radius 2 is 2.09 bits per heavy atom. The third-order valence-electron chi connectivity index (χ3n) is 4.26. The van der Waals surface area contributed by atoms with Crippen LogP contribution in [0.2, 0.25) is 0 Å². The second-order valence-electron chi connectivity index (χ2n) is 6.16. The van der Waals surface area contributed by atoms with Gasteiger partial charge in [0, 0.05) is 39.3 Å². The molecule has 1 aliphatic rings. The van der Waals surface area contributed by atoms with Crippen LogP contribution in [0.4, 0.5) is 4.39 Å². The van der Waals surface area contributed by atoms with Gasteiger partial charge in [0.2, 0.25) is 0 Å². The molecule has 1 atom stereocenters. The van der Waals surface area contributed by atoms with Gasteiger partial charge in [0.05, 0.1) is 0 Å². The summed E-state index contributed by atoms with van der Waals surface area (Å²) in [5.74, 6) is 0.633. The Labute approximate surface area is 156 Å². The number of guanidine groups is 1. The molecule has 1 fully saturated rings. The first kappa shape index (κ1) is 20.2. The zero-order chi connectivity index (χ0) is 16.1. The molecule has 1 aromatic carbocycles. The predicted molar refractivity (Wildman–Crippen MR) is 105 cm³/mol. The highest BCUT2D eigenvalue weighted by Crippen LogP contribution is 2.26. The number of hydrogen-bond donors (Lipinski definition) is 1. The van der Waals surface area contributed by atoms with Crippen LogP contribution in [0.5, 0.6) is 0 Å². The van der Waals surface area contributed by atoms with Gasteiger partial charge in [0.1, 0.15) is 5.82 Å². The first-order valence-corrected chi connectivity index (χ1v) is 7.89. The summed E-state index contributed by atoms with van der Waals surface area (Å²) in [4.78, 5) is 8.75. The summed E-state index contributed by atoms with van der Waals surface area (Å²) >= 11 is 0. The molecule has 0 radical (unpaired) electrons. The van der Waals surface area contributed by atoms with Gasteiger partial charge in [-0.3, -0.25) is 9.89 Å². The highest BCUT2D eigenvalue weighted by molar-refractivity contribution is 14.0. The Morgan fingerprint density at radius 1 is 1.39 bits per heavy atom. The molecule has 6 heteroatoms. The third kappa shape index (κ3) is 6.25. The van der Waals surface area contributed by atoms with Gasteiger partial charge in [0.15, 0.2) is 5.96 Å². The van der Waals surface area contributed by atoms with E-state index in [-0.39, 0.29) is 29.8 Å². The number of aliphatic imine (C=N–C) groups is 1. The summed E-state index contributed by atoms with van der Waals surface area (Å²) in [5, 5.41) is 3.41. The molecular formula is C17H28FIN4. The van der Waals surface area contributed by atoms with Crippen LogP contribution in [-0.4, -0.2) is 55.5 Å². The van der Waals surface area contributed by atoms with E-state index in [0.717, 1.165) is 24.1 Å². The minimum absolute atomic E-state index is 0. The minimum Gasteiger partial charge on any atom is -0.355 e. The summed E-state index contributed by atoms with van der Waals surface area (Å²) < 4.78 is 13.3. The first-order valence-electron chi connectivity index (χ1n) is 7.89. The summed E-state index contributed by atoms with van der Waals surface area (Å²) in [5.41, 5.74) is 0.939. The van der Waals surface area contributed by atoms with Crippen molar-refractivity contribution >= 4 is 29.9 Å². The lowest BCUT2D eigenvalue weighted by atomic mass is 10.2. The molecule has 0 aliphatic heterocycles. The van der Waals surface area contributed by atoms with E-state index in [1.54, 1.807) is 19.2 Å². The van der Waals surface area contributed by atoms with Gasteiger partial charge in [-0.25, -0.2) is 4.39 Å². The van der Waals surface area contributed by atoms with Crippen molar-refractivity contribution in [2.24, 2.45) is 4.99 Å². The minimum atomic E-state index is -0.200. The molecule has 1 aromatic rings. The number of nitrogens with one attached hydrogen (secondary N) is 1. The molecule has 0 aromatic heterocycles. The Balaban J connectivity index is 0.00000264.